The largest absolute Gasteiger partial charge is 0.347 e. The summed E-state index contributed by atoms with van der Waals surface area (Å²) in [5, 5.41) is 3.88. The van der Waals surface area contributed by atoms with E-state index < -0.39 is 0 Å². The van der Waals surface area contributed by atoms with Crippen LogP contribution in [-0.4, -0.2) is 10.9 Å². The number of carbonyl (C=O) groups excluding carboxylic acids is 1. The molecule has 1 heterocycles. The van der Waals surface area contributed by atoms with Crippen LogP contribution in [0.4, 0.5) is 0 Å². The number of halogens is 1. The van der Waals surface area contributed by atoms with E-state index in [9.17, 15) is 4.79 Å². The molecule has 0 unspecified atom stereocenters. The fraction of sp³-hybridized carbons (Fsp3) is 0.167. The van der Waals surface area contributed by atoms with Crippen LogP contribution in [0, 0.1) is 6.92 Å². The van der Waals surface area contributed by atoms with Gasteiger partial charge in [-0.25, -0.2) is 4.98 Å². The first-order valence-corrected chi connectivity index (χ1v) is 6.71. The average Bonchev–Trinajstić information content (AvgIpc) is 2.72. The van der Waals surface area contributed by atoms with Gasteiger partial charge in [0.25, 0.3) is 5.91 Å². The highest BCUT2D eigenvalue weighted by Gasteiger charge is 2.06. The Balaban J connectivity index is 1.98. The number of aromatic nitrogens is 1. The first-order valence-electron chi connectivity index (χ1n) is 5.10. The van der Waals surface area contributed by atoms with E-state index in [2.05, 4.69) is 26.2 Å². The van der Waals surface area contributed by atoms with E-state index in [0.29, 0.717) is 12.1 Å². The molecular formula is C12H11BrN2OS. The van der Waals surface area contributed by atoms with Gasteiger partial charge in [-0.05, 0) is 25.1 Å². The molecule has 0 saturated carbocycles. The molecule has 1 aromatic heterocycles. The number of nitrogens with one attached hydrogen (secondary N) is 1. The van der Waals surface area contributed by atoms with E-state index in [1.807, 2.05) is 19.1 Å². The zero-order valence-corrected chi connectivity index (χ0v) is 11.6. The number of amides is 1. The normalized spacial score (nSPS) is 10.2. The second-order valence-electron chi connectivity index (χ2n) is 3.54. The Labute approximate surface area is 112 Å². The van der Waals surface area contributed by atoms with Crippen molar-refractivity contribution in [2.45, 2.75) is 13.5 Å². The lowest BCUT2D eigenvalue weighted by molar-refractivity contribution is 0.0951. The van der Waals surface area contributed by atoms with Crippen LogP contribution in [0.1, 0.15) is 20.2 Å². The molecular weight excluding hydrogens is 300 g/mol. The molecule has 1 aromatic carbocycles. The van der Waals surface area contributed by atoms with Crippen LogP contribution < -0.4 is 5.32 Å². The number of carbonyl (C=O) groups is 1. The summed E-state index contributed by atoms with van der Waals surface area (Å²) in [6.07, 6.45) is 1.79. The summed E-state index contributed by atoms with van der Waals surface area (Å²) in [5.74, 6) is -0.0719. The summed E-state index contributed by atoms with van der Waals surface area (Å²) in [6, 6.07) is 7.32. The minimum Gasteiger partial charge on any atom is -0.347 e. The quantitative estimate of drug-likeness (QED) is 0.946. The lowest BCUT2D eigenvalue weighted by Gasteiger charge is -2.03. The lowest BCUT2D eigenvalue weighted by atomic mass is 10.2. The first kappa shape index (κ1) is 12.3. The molecule has 1 amide bonds. The van der Waals surface area contributed by atoms with Crippen LogP contribution in [0.3, 0.4) is 0 Å². The van der Waals surface area contributed by atoms with Crippen molar-refractivity contribution >= 4 is 33.2 Å². The molecule has 2 aromatic rings. The number of benzene rings is 1. The molecule has 0 aliphatic carbocycles. The molecule has 0 fully saturated rings. The smallest absolute Gasteiger partial charge is 0.251 e. The summed E-state index contributed by atoms with van der Waals surface area (Å²) in [6.45, 7) is 2.47. The van der Waals surface area contributed by atoms with Crippen molar-refractivity contribution in [1.29, 1.82) is 0 Å². The number of hydrogen-bond donors (Lipinski definition) is 1. The van der Waals surface area contributed by atoms with Crippen molar-refractivity contribution in [3.8, 4) is 0 Å². The van der Waals surface area contributed by atoms with Gasteiger partial charge in [-0.1, -0.05) is 22.0 Å². The van der Waals surface area contributed by atoms with Gasteiger partial charge >= 0.3 is 0 Å². The average molecular weight is 311 g/mol. The molecule has 88 valence electrons. The fourth-order valence-corrected chi connectivity index (χ4v) is 2.52. The molecule has 0 atom stereocenters. The maximum atomic E-state index is 11.8. The summed E-state index contributed by atoms with van der Waals surface area (Å²) >= 11 is 4.93. The van der Waals surface area contributed by atoms with Gasteiger partial charge in [-0.2, -0.15) is 0 Å². The Hall–Kier alpha value is -1.20. The number of nitrogens with zero attached hydrogens (tertiary/aromatic N) is 1. The number of hydrogen-bond acceptors (Lipinski definition) is 3. The Bertz CT molecular complexity index is 539. The SMILES string of the molecule is Cc1ncc(CNC(=O)c2cccc(Br)c2)s1. The van der Waals surface area contributed by atoms with E-state index >= 15 is 0 Å². The zero-order valence-electron chi connectivity index (χ0n) is 9.24. The molecule has 2 rings (SSSR count). The van der Waals surface area contributed by atoms with Gasteiger partial charge in [0.15, 0.2) is 0 Å². The predicted octanol–water partition coefficient (Wildman–Crippen LogP) is 3.14. The molecule has 0 aliphatic heterocycles. The van der Waals surface area contributed by atoms with Crippen LogP contribution in [0.2, 0.25) is 0 Å². The second kappa shape index (κ2) is 5.42. The molecule has 0 saturated heterocycles. The van der Waals surface area contributed by atoms with Crippen molar-refractivity contribution < 1.29 is 4.79 Å². The summed E-state index contributed by atoms with van der Waals surface area (Å²) in [7, 11) is 0. The Morgan fingerprint density at radius 1 is 1.53 bits per heavy atom. The maximum Gasteiger partial charge on any atom is 0.251 e. The number of rotatable bonds is 3. The zero-order chi connectivity index (χ0) is 12.3. The van der Waals surface area contributed by atoms with Crippen LogP contribution >= 0.6 is 27.3 Å². The minimum absolute atomic E-state index is 0.0719. The van der Waals surface area contributed by atoms with E-state index in [-0.39, 0.29) is 5.91 Å². The molecule has 17 heavy (non-hydrogen) atoms. The summed E-state index contributed by atoms with van der Waals surface area (Å²) in [5.41, 5.74) is 0.653. The van der Waals surface area contributed by atoms with Crippen molar-refractivity contribution in [2.24, 2.45) is 0 Å². The topological polar surface area (TPSA) is 42.0 Å². The lowest BCUT2D eigenvalue weighted by Crippen LogP contribution is -2.22. The number of thiazole rings is 1. The van der Waals surface area contributed by atoms with Gasteiger partial charge in [0.1, 0.15) is 0 Å². The van der Waals surface area contributed by atoms with Gasteiger partial charge in [0.05, 0.1) is 11.6 Å². The van der Waals surface area contributed by atoms with Crippen molar-refractivity contribution in [1.82, 2.24) is 10.3 Å². The third-order valence-electron chi connectivity index (χ3n) is 2.18. The minimum atomic E-state index is -0.0719. The first-order chi connectivity index (χ1) is 8.15. The van der Waals surface area contributed by atoms with Crippen LogP contribution in [-0.2, 0) is 6.54 Å². The standard InChI is InChI=1S/C12H11BrN2OS/c1-8-14-6-11(17-8)7-15-12(16)9-3-2-4-10(13)5-9/h2-6H,7H2,1H3,(H,15,16). The van der Waals surface area contributed by atoms with E-state index in [0.717, 1.165) is 14.4 Å². The molecule has 0 radical (unpaired) electrons. The summed E-state index contributed by atoms with van der Waals surface area (Å²) in [4.78, 5) is 17.0. The van der Waals surface area contributed by atoms with Crippen molar-refractivity contribution in [3.05, 3.63) is 50.4 Å². The molecule has 1 N–H and O–H groups in total. The van der Waals surface area contributed by atoms with Gasteiger partial charge in [-0.3, -0.25) is 4.79 Å². The Morgan fingerprint density at radius 2 is 2.35 bits per heavy atom. The van der Waals surface area contributed by atoms with Gasteiger partial charge in [0.2, 0.25) is 0 Å². The third-order valence-corrected chi connectivity index (χ3v) is 3.59. The molecule has 3 nitrogen and oxygen atoms in total. The number of aryl methyl sites for hydroxylation is 1. The van der Waals surface area contributed by atoms with E-state index in [1.54, 1.807) is 29.7 Å². The Morgan fingerprint density at radius 3 is 3.00 bits per heavy atom. The van der Waals surface area contributed by atoms with E-state index in [4.69, 9.17) is 0 Å². The van der Waals surface area contributed by atoms with Crippen molar-refractivity contribution in [3.63, 3.8) is 0 Å². The highest BCUT2D eigenvalue weighted by molar-refractivity contribution is 9.10. The van der Waals surface area contributed by atoms with Gasteiger partial charge in [-0.15, -0.1) is 11.3 Å². The molecule has 0 spiro atoms. The van der Waals surface area contributed by atoms with Crippen LogP contribution in [0.5, 0.6) is 0 Å². The maximum absolute atomic E-state index is 11.8. The molecule has 0 bridgehead atoms. The fourth-order valence-electron chi connectivity index (χ4n) is 1.39. The third kappa shape index (κ3) is 3.38. The van der Waals surface area contributed by atoms with Crippen molar-refractivity contribution in [2.75, 3.05) is 0 Å². The van der Waals surface area contributed by atoms with E-state index in [1.165, 1.54) is 0 Å². The second-order valence-corrected chi connectivity index (χ2v) is 5.77. The van der Waals surface area contributed by atoms with Gasteiger partial charge in [0, 0.05) is 21.1 Å². The predicted molar refractivity (Wildman–Crippen MR) is 72.2 cm³/mol. The van der Waals surface area contributed by atoms with Crippen LogP contribution in [0.25, 0.3) is 0 Å². The molecule has 0 aliphatic rings. The molecule has 5 heteroatoms. The highest BCUT2D eigenvalue weighted by atomic mass is 79.9. The monoisotopic (exact) mass is 310 g/mol. The van der Waals surface area contributed by atoms with Gasteiger partial charge < -0.3 is 5.32 Å². The highest BCUT2D eigenvalue weighted by Crippen LogP contribution is 2.13. The Kier molecular flexibility index (Phi) is 3.91. The van der Waals surface area contributed by atoms with Crippen LogP contribution in [0.15, 0.2) is 34.9 Å². The summed E-state index contributed by atoms with van der Waals surface area (Å²) < 4.78 is 0.902.